The standard InChI is InChI=1S/C18H25N3O4/c1-5-19-18(21-12-14-7-6-10-25-14)20-11-13-8-9-15(22-2)17(24-4)16(13)23-3/h6-10H,5,11-12H2,1-4H3,(H2,19,20,21). The molecule has 2 rings (SSSR count). The number of guanidine groups is 1. The fourth-order valence-electron chi connectivity index (χ4n) is 2.38. The number of rotatable bonds is 8. The van der Waals surface area contributed by atoms with Crippen LogP contribution in [0.4, 0.5) is 0 Å². The number of nitrogens with zero attached hydrogens (tertiary/aromatic N) is 1. The van der Waals surface area contributed by atoms with E-state index < -0.39 is 0 Å². The molecule has 136 valence electrons. The van der Waals surface area contributed by atoms with Gasteiger partial charge >= 0.3 is 0 Å². The lowest BCUT2D eigenvalue weighted by molar-refractivity contribution is 0.322. The topological polar surface area (TPSA) is 77.3 Å². The molecule has 1 aromatic heterocycles. The lowest BCUT2D eigenvalue weighted by Crippen LogP contribution is -2.36. The molecule has 0 aliphatic rings. The van der Waals surface area contributed by atoms with Crippen molar-refractivity contribution < 1.29 is 18.6 Å². The van der Waals surface area contributed by atoms with Gasteiger partial charge in [0.1, 0.15) is 5.76 Å². The van der Waals surface area contributed by atoms with Crippen LogP contribution < -0.4 is 24.8 Å². The van der Waals surface area contributed by atoms with Crippen LogP contribution >= 0.6 is 0 Å². The zero-order valence-corrected chi connectivity index (χ0v) is 15.1. The second kappa shape index (κ2) is 9.46. The molecule has 0 spiro atoms. The molecular formula is C18H25N3O4. The second-order valence-electron chi connectivity index (χ2n) is 5.12. The van der Waals surface area contributed by atoms with Crippen LogP contribution in [0, 0.1) is 0 Å². The summed E-state index contributed by atoms with van der Waals surface area (Å²) in [6.07, 6.45) is 1.65. The molecule has 0 saturated carbocycles. The summed E-state index contributed by atoms with van der Waals surface area (Å²) in [4.78, 5) is 4.60. The Morgan fingerprint density at radius 3 is 2.44 bits per heavy atom. The summed E-state index contributed by atoms with van der Waals surface area (Å²) in [6.45, 7) is 3.76. The molecule has 1 aromatic carbocycles. The van der Waals surface area contributed by atoms with Gasteiger partial charge < -0.3 is 29.3 Å². The van der Waals surface area contributed by atoms with E-state index in [0.29, 0.717) is 36.3 Å². The molecule has 2 aromatic rings. The summed E-state index contributed by atoms with van der Waals surface area (Å²) < 4.78 is 21.5. The van der Waals surface area contributed by atoms with Gasteiger partial charge in [0.2, 0.25) is 5.75 Å². The van der Waals surface area contributed by atoms with Crippen LogP contribution in [0.1, 0.15) is 18.2 Å². The highest BCUT2D eigenvalue weighted by atomic mass is 16.5. The van der Waals surface area contributed by atoms with Crippen molar-refractivity contribution in [3.05, 3.63) is 41.9 Å². The number of hydrogen-bond donors (Lipinski definition) is 2. The van der Waals surface area contributed by atoms with Gasteiger partial charge in [-0.15, -0.1) is 0 Å². The quantitative estimate of drug-likeness (QED) is 0.564. The molecule has 0 unspecified atom stereocenters. The molecule has 0 saturated heterocycles. The predicted octanol–water partition coefficient (Wildman–Crippen LogP) is 2.56. The van der Waals surface area contributed by atoms with Crippen molar-refractivity contribution in [3.63, 3.8) is 0 Å². The highest BCUT2D eigenvalue weighted by molar-refractivity contribution is 5.79. The van der Waals surface area contributed by atoms with Gasteiger partial charge in [0.25, 0.3) is 0 Å². The number of nitrogens with one attached hydrogen (secondary N) is 2. The van der Waals surface area contributed by atoms with Gasteiger partial charge in [-0.3, -0.25) is 0 Å². The lowest BCUT2D eigenvalue weighted by Gasteiger charge is -2.15. The molecular weight excluding hydrogens is 322 g/mol. The van der Waals surface area contributed by atoms with E-state index in [9.17, 15) is 0 Å². The summed E-state index contributed by atoms with van der Waals surface area (Å²) >= 11 is 0. The number of furan rings is 1. The van der Waals surface area contributed by atoms with E-state index in [4.69, 9.17) is 18.6 Å². The highest BCUT2D eigenvalue weighted by Crippen LogP contribution is 2.39. The fourth-order valence-corrected chi connectivity index (χ4v) is 2.38. The van der Waals surface area contributed by atoms with Crippen molar-refractivity contribution in [1.82, 2.24) is 10.6 Å². The molecule has 0 fully saturated rings. The normalized spacial score (nSPS) is 11.1. The lowest BCUT2D eigenvalue weighted by atomic mass is 10.1. The van der Waals surface area contributed by atoms with E-state index in [1.165, 1.54) is 0 Å². The third-order valence-electron chi connectivity index (χ3n) is 3.55. The Morgan fingerprint density at radius 2 is 1.84 bits per heavy atom. The van der Waals surface area contributed by atoms with Crippen molar-refractivity contribution in [3.8, 4) is 17.2 Å². The van der Waals surface area contributed by atoms with Gasteiger partial charge in [0.15, 0.2) is 17.5 Å². The Balaban J connectivity index is 2.15. The molecule has 7 nitrogen and oxygen atoms in total. The van der Waals surface area contributed by atoms with Gasteiger partial charge in [-0.2, -0.15) is 0 Å². The Hall–Kier alpha value is -2.83. The Kier molecular flexibility index (Phi) is 7.00. The summed E-state index contributed by atoms with van der Waals surface area (Å²) in [5.41, 5.74) is 0.898. The maximum absolute atomic E-state index is 5.49. The van der Waals surface area contributed by atoms with Crippen LogP contribution in [0.25, 0.3) is 0 Å². The first-order chi connectivity index (χ1) is 12.2. The average Bonchev–Trinajstić information content (AvgIpc) is 3.16. The van der Waals surface area contributed by atoms with Crippen LogP contribution in [0.3, 0.4) is 0 Å². The maximum atomic E-state index is 5.49. The van der Waals surface area contributed by atoms with Gasteiger partial charge in [-0.05, 0) is 31.2 Å². The van der Waals surface area contributed by atoms with Gasteiger partial charge in [-0.1, -0.05) is 0 Å². The minimum absolute atomic E-state index is 0.428. The van der Waals surface area contributed by atoms with Crippen molar-refractivity contribution in [2.24, 2.45) is 4.99 Å². The molecule has 1 heterocycles. The zero-order valence-electron chi connectivity index (χ0n) is 15.1. The monoisotopic (exact) mass is 347 g/mol. The first-order valence-corrected chi connectivity index (χ1v) is 8.05. The summed E-state index contributed by atoms with van der Waals surface area (Å²) in [6, 6.07) is 7.53. The summed E-state index contributed by atoms with van der Waals surface area (Å²) in [7, 11) is 4.78. The largest absolute Gasteiger partial charge is 0.493 e. The van der Waals surface area contributed by atoms with E-state index >= 15 is 0 Å². The van der Waals surface area contributed by atoms with E-state index in [2.05, 4.69) is 15.6 Å². The van der Waals surface area contributed by atoms with Gasteiger partial charge in [-0.25, -0.2) is 4.99 Å². The smallest absolute Gasteiger partial charge is 0.203 e. The number of benzene rings is 1. The van der Waals surface area contributed by atoms with Crippen LogP contribution in [0.2, 0.25) is 0 Å². The first-order valence-electron chi connectivity index (χ1n) is 8.05. The van der Waals surface area contributed by atoms with Crippen LogP contribution in [0.15, 0.2) is 39.9 Å². The SMILES string of the molecule is CCNC(=NCc1ccc(OC)c(OC)c1OC)NCc1ccco1. The molecule has 0 bridgehead atoms. The molecule has 2 N–H and O–H groups in total. The van der Waals surface area contributed by atoms with E-state index in [1.54, 1.807) is 27.6 Å². The number of aliphatic imine (C=N–C) groups is 1. The van der Waals surface area contributed by atoms with Crippen LogP contribution in [-0.4, -0.2) is 33.8 Å². The molecule has 0 atom stereocenters. The minimum Gasteiger partial charge on any atom is -0.493 e. The third-order valence-corrected chi connectivity index (χ3v) is 3.55. The first kappa shape index (κ1) is 18.5. The van der Waals surface area contributed by atoms with Crippen LogP contribution in [-0.2, 0) is 13.1 Å². The molecule has 25 heavy (non-hydrogen) atoms. The van der Waals surface area contributed by atoms with E-state index in [0.717, 1.165) is 17.9 Å². The van der Waals surface area contributed by atoms with Gasteiger partial charge in [0.05, 0.1) is 40.7 Å². The fraction of sp³-hybridized carbons (Fsp3) is 0.389. The average molecular weight is 347 g/mol. The van der Waals surface area contributed by atoms with E-state index in [1.807, 2.05) is 31.2 Å². The Labute approximate surface area is 148 Å². The number of hydrogen-bond acceptors (Lipinski definition) is 5. The minimum atomic E-state index is 0.428. The molecule has 0 aliphatic carbocycles. The summed E-state index contributed by atoms with van der Waals surface area (Å²) in [5, 5.41) is 6.43. The van der Waals surface area contributed by atoms with Crippen LogP contribution in [0.5, 0.6) is 17.2 Å². The van der Waals surface area contributed by atoms with Crippen molar-refractivity contribution >= 4 is 5.96 Å². The molecule has 0 aliphatic heterocycles. The number of methoxy groups -OCH3 is 3. The zero-order chi connectivity index (χ0) is 18.1. The number of ether oxygens (including phenoxy) is 3. The maximum Gasteiger partial charge on any atom is 0.203 e. The van der Waals surface area contributed by atoms with Crippen molar-refractivity contribution in [2.45, 2.75) is 20.0 Å². The molecule has 0 amide bonds. The molecule has 0 radical (unpaired) electrons. The Morgan fingerprint density at radius 1 is 1.04 bits per heavy atom. The second-order valence-corrected chi connectivity index (χ2v) is 5.12. The predicted molar refractivity (Wildman–Crippen MR) is 96.5 cm³/mol. The van der Waals surface area contributed by atoms with Gasteiger partial charge in [0, 0.05) is 12.1 Å². The highest BCUT2D eigenvalue weighted by Gasteiger charge is 2.15. The summed E-state index contributed by atoms with van der Waals surface area (Å²) in [5.74, 6) is 3.33. The molecule has 7 heteroatoms. The van der Waals surface area contributed by atoms with E-state index in [-0.39, 0.29) is 0 Å². The van der Waals surface area contributed by atoms with Crippen molar-refractivity contribution in [2.75, 3.05) is 27.9 Å². The van der Waals surface area contributed by atoms with Crippen molar-refractivity contribution in [1.29, 1.82) is 0 Å². The Bertz CT molecular complexity index is 684. The third kappa shape index (κ3) is 4.82.